The number of nitrogens with zero attached hydrogens (tertiary/aromatic N) is 2. The third-order valence-corrected chi connectivity index (χ3v) is 5.61. The first-order valence-electron chi connectivity index (χ1n) is 10.4. The van der Waals surface area contributed by atoms with Crippen molar-refractivity contribution in [1.82, 2.24) is 19.9 Å². The maximum Gasteiger partial charge on any atom is 0.189 e. The third kappa shape index (κ3) is 3.94. The van der Waals surface area contributed by atoms with E-state index in [1.807, 2.05) is 12.1 Å². The Morgan fingerprint density at radius 2 is 1.06 bits per heavy atom. The van der Waals surface area contributed by atoms with Crippen molar-refractivity contribution in [3.63, 3.8) is 0 Å². The number of aromatic nitrogens is 4. The molecule has 4 nitrogen and oxygen atoms in total. The van der Waals surface area contributed by atoms with Gasteiger partial charge in [0, 0.05) is 48.7 Å². The summed E-state index contributed by atoms with van der Waals surface area (Å²) in [6, 6.07) is 20.2. The van der Waals surface area contributed by atoms with Gasteiger partial charge in [0.15, 0.2) is 23.3 Å². The van der Waals surface area contributed by atoms with E-state index in [0.29, 0.717) is 22.1 Å². The van der Waals surface area contributed by atoms with Gasteiger partial charge in [-0.3, -0.25) is 0 Å². The number of hydrogen-bond acceptors (Lipinski definition) is 2. The second-order valence-electron chi connectivity index (χ2n) is 7.86. The first kappa shape index (κ1) is 23.0. The van der Waals surface area contributed by atoms with Crippen LogP contribution in [0.4, 0.5) is 17.6 Å². The standard InChI is InChI=1S/C26H14F4N4.Pt/c27-21-19-12-17-9-7-15(32-17)10-14-6-8-16(31-14)11-18-20(13-4-2-1-3-5-13)22(28)25(33-18)24(30)26(34-19)23(21)29;/h1-12,31-32H;. The first-order chi connectivity index (χ1) is 16.5. The summed E-state index contributed by atoms with van der Waals surface area (Å²) in [5, 5.41) is 0. The molecule has 8 bridgehead atoms. The predicted molar refractivity (Wildman–Crippen MR) is 123 cm³/mol. The van der Waals surface area contributed by atoms with Crippen LogP contribution in [0.25, 0.3) is 45.1 Å². The molecule has 0 radical (unpaired) electrons. The Balaban J connectivity index is 0.00000253. The Kier molecular flexibility index (Phi) is 5.77. The third-order valence-electron chi connectivity index (χ3n) is 5.61. The van der Waals surface area contributed by atoms with Gasteiger partial charge in [0.25, 0.3) is 0 Å². The zero-order valence-corrected chi connectivity index (χ0v) is 19.9. The molecule has 3 aromatic heterocycles. The number of nitrogens with one attached hydrogen (secondary N) is 2. The normalized spacial score (nSPS) is 13.3. The topological polar surface area (TPSA) is 57.4 Å². The summed E-state index contributed by atoms with van der Waals surface area (Å²) < 4.78 is 60.2. The van der Waals surface area contributed by atoms with Gasteiger partial charge in [-0.2, -0.15) is 0 Å². The fourth-order valence-electron chi connectivity index (χ4n) is 4.03. The minimum absolute atomic E-state index is 0. The van der Waals surface area contributed by atoms with Gasteiger partial charge in [-0.25, -0.2) is 27.5 Å². The number of rotatable bonds is 1. The first-order valence-corrected chi connectivity index (χ1v) is 10.4. The second kappa shape index (κ2) is 8.78. The van der Waals surface area contributed by atoms with Crippen molar-refractivity contribution < 1.29 is 38.6 Å². The van der Waals surface area contributed by atoms with Crippen molar-refractivity contribution in [2.45, 2.75) is 0 Å². The van der Waals surface area contributed by atoms with E-state index in [4.69, 9.17) is 0 Å². The number of fused-ring (bicyclic) bond motifs is 8. The zero-order chi connectivity index (χ0) is 23.4. The molecule has 35 heavy (non-hydrogen) atoms. The second-order valence-corrected chi connectivity index (χ2v) is 7.86. The maximum absolute atomic E-state index is 15.6. The van der Waals surface area contributed by atoms with Crippen molar-refractivity contribution in [3.8, 4) is 0 Å². The van der Waals surface area contributed by atoms with Gasteiger partial charge in [0.2, 0.25) is 0 Å². The monoisotopic (exact) mass is 653 g/mol. The Hall–Kier alpha value is -3.77. The van der Waals surface area contributed by atoms with Crippen LogP contribution in [0.2, 0.25) is 0 Å². The molecular weight excluding hydrogens is 639 g/mol. The number of halogens is 4. The Morgan fingerprint density at radius 3 is 1.69 bits per heavy atom. The maximum atomic E-state index is 15.6. The van der Waals surface area contributed by atoms with Gasteiger partial charge in [0.05, 0.1) is 5.69 Å². The van der Waals surface area contributed by atoms with Crippen LogP contribution in [0, 0.1) is 5.82 Å². The van der Waals surface area contributed by atoms with Crippen molar-refractivity contribution in [2.24, 2.45) is 0 Å². The molecule has 0 saturated heterocycles. The SMILES string of the molecule is FC1=C(F)c2nc1cc1ccc(cc3ccc(cc4nc(c2F)C(F)=C4c2ccccc2)[nH]3)[nH]1.[Pt]. The summed E-state index contributed by atoms with van der Waals surface area (Å²) in [7, 11) is 0. The fourth-order valence-corrected chi connectivity index (χ4v) is 4.03. The van der Waals surface area contributed by atoms with E-state index in [0.717, 1.165) is 5.52 Å². The molecule has 2 aliphatic rings. The molecule has 0 atom stereocenters. The molecule has 1 aromatic carbocycles. The van der Waals surface area contributed by atoms with Crippen LogP contribution in [0.5, 0.6) is 0 Å². The molecule has 176 valence electrons. The van der Waals surface area contributed by atoms with E-state index in [1.165, 1.54) is 6.07 Å². The molecular formula is C26H14F4N4Pt. The molecule has 2 N–H and O–H groups in total. The summed E-state index contributed by atoms with van der Waals surface area (Å²) in [4.78, 5) is 14.1. The molecule has 0 aliphatic carbocycles. The van der Waals surface area contributed by atoms with E-state index >= 15 is 8.78 Å². The molecule has 0 saturated carbocycles. The minimum atomic E-state index is -1.51. The van der Waals surface area contributed by atoms with Gasteiger partial charge in [-0.05, 0) is 48.0 Å². The quantitative estimate of drug-likeness (QED) is 0.216. The molecule has 0 unspecified atom stereocenters. The van der Waals surface area contributed by atoms with E-state index in [9.17, 15) is 8.78 Å². The largest absolute Gasteiger partial charge is 0.355 e. The molecule has 5 heterocycles. The van der Waals surface area contributed by atoms with Crippen LogP contribution in [-0.2, 0) is 21.1 Å². The number of hydrogen-bond donors (Lipinski definition) is 2. The van der Waals surface area contributed by atoms with Crippen molar-refractivity contribution >= 4 is 45.1 Å². The fraction of sp³-hybridized carbons (Fsp3) is 0. The average molecular weight is 653 g/mol. The molecule has 0 spiro atoms. The number of H-pyrrole nitrogens is 2. The van der Waals surface area contributed by atoms with Crippen LogP contribution in [-0.4, -0.2) is 19.9 Å². The molecule has 4 aromatic rings. The minimum Gasteiger partial charge on any atom is -0.355 e. The summed E-state index contributed by atoms with van der Waals surface area (Å²) in [6.45, 7) is 0. The van der Waals surface area contributed by atoms with Crippen molar-refractivity contribution in [3.05, 3.63) is 107 Å². The molecule has 0 amide bonds. The summed E-state index contributed by atoms with van der Waals surface area (Å²) >= 11 is 0. The number of aromatic amines is 2. The van der Waals surface area contributed by atoms with Gasteiger partial charge < -0.3 is 9.97 Å². The van der Waals surface area contributed by atoms with Crippen LogP contribution in [0.15, 0.2) is 72.8 Å². The van der Waals surface area contributed by atoms with E-state index in [1.54, 1.807) is 54.6 Å². The van der Waals surface area contributed by atoms with Gasteiger partial charge in [0.1, 0.15) is 17.1 Å². The van der Waals surface area contributed by atoms with E-state index < -0.39 is 40.4 Å². The molecule has 9 heteroatoms. The number of benzene rings is 1. The molecule has 6 rings (SSSR count). The molecule has 0 fully saturated rings. The van der Waals surface area contributed by atoms with Crippen molar-refractivity contribution in [2.75, 3.05) is 0 Å². The summed E-state index contributed by atoms with van der Waals surface area (Å²) in [6.07, 6.45) is 0. The summed E-state index contributed by atoms with van der Waals surface area (Å²) in [5.74, 6) is -5.20. The summed E-state index contributed by atoms with van der Waals surface area (Å²) in [5.41, 5.74) is 1.04. The zero-order valence-electron chi connectivity index (χ0n) is 17.7. The Bertz CT molecular complexity index is 1700. The van der Waals surface area contributed by atoms with Gasteiger partial charge >= 0.3 is 0 Å². The van der Waals surface area contributed by atoms with Crippen LogP contribution >= 0.6 is 0 Å². The van der Waals surface area contributed by atoms with E-state index in [-0.39, 0.29) is 32.3 Å². The molecule has 2 aliphatic heterocycles. The van der Waals surface area contributed by atoms with Crippen LogP contribution in [0.1, 0.15) is 28.3 Å². The Labute approximate surface area is 210 Å². The predicted octanol–water partition coefficient (Wildman–Crippen LogP) is 7.10. The average Bonchev–Trinajstić information content (AvgIpc) is 3.59. The van der Waals surface area contributed by atoms with Crippen molar-refractivity contribution in [1.29, 1.82) is 0 Å². The van der Waals surface area contributed by atoms with Gasteiger partial charge in [-0.1, -0.05) is 30.3 Å². The van der Waals surface area contributed by atoms with E-state index in [2.05, 4.69) is 19.9 Å². The van der Waals surface area contributed by atoms with Crippen LogP contribution in [0.3, 0.4) is 0 Å². The Morgan fingerprint density at radius 1 is 0.543 bits per heavy atom. The van der Waals surface area contributed by atoms with Gasteiger partial charge in [-0.15, -0.1) is 0 Å². The van der Waals surface area contributed by atoms with Crippen LogP contribution < -0.4 is 0 Å². The smallest absolute Gasteiger partial charge is 0.189 e.